The van der Waals surface area contributed by atoms with Crippen LogP contribution in [0.3, 0.4) is 0 Å². The largest absolute Gasteiger partial charge is 0.497 e. The molecule has 0 radical (unpaired) electrons. The molecule has 5 heteroatoms. The van der Waals surface area contributed by atoms with Crippen LogP contribution >= 0.6 is 0 Å². The normalized spacial score (nSPS) is 24.6. The maximum atomic E-state index is 6.05. The highest BCUT2D eigenvalue weighted by atomic mass is 16.5. The van der Waals surface area contributed by atoms with Gasteiger partial charge in [-0.25, -0.2) is 0 Å². The molecule has 0 amide bonds. The summed E-state index contributed by atoms with van der Waals surface area (Å²) >= 11 is 0. The van der Waals surface area contributed by atoms with Crippen LogP contribution in [-0.2, 0) is 4.74 Å². The minimum atomic E-state index is 0.141. The Morgan fingerprint density at radius 3 is 2.10 bits per heavy atom. The number of nitrogens with two attached hydrogens (primary N) is 1. The number of hydrogen-bond donors (Lipinski definition) is 1. The van der Waals surface area contributed by atoms with Crippen molar-refractivity contribution >= 4 is 0 Å². The van der Waals surface area contributed by atoms with Crippen molar-refractivity contribution in [2.45, 2.75) is 32.1 Å². The fourth-order valence-corrected chi connectivity index (χ4v) is 2.99. The van der Waals surface area contributed by atoms with Gasteiger partial charge in [0.1, 0.15) is 11.5 Å². The van der Waals surface area contributed by atoms with E-state index in [9.17, 15) is 0 Å². The molecule has 1 aliphatic heterocycles. The number of ether oxygens (including phenoxy) is 3. The van der Waals surface area contributed by atoms with E-state index in [0.717, 1.165) is 30.2 Å². The van der Waals surface area contributed by atoms with Gasteiger partial charge in [0.25, 0.3) is 0 Å². The molecule has 1 aromatic rings. The lowest BCUT2D eigenvalue weighted by atomic mass is 10.0. The van der Waals surface area contributed by atoms with Gasteiger partial charge in [-0.15, -0.1) is 0 Å². The summed E-state index contributed by atoms with van der Waals surface area (Å²) in [5.41, 5.74) is 7.17. The Morgan fingerprint density at radius 1 is 1.14 bits per heavy atom. The molecule has 0 saturated carbocycles. The highest BCUT2D eigenvalue weighted by Gasteiger charge is 2.28. The third-order valence-electron chi connectivity index (χ3n) is 3.87. The average Bonchev–Trinajstić information content (AvgIpc) is 2.46. The van der Waals surface area contributed by atoms with Gasteiger partial charge in [0.15, 0.2) is 0 Å². The maximum absolute atomic E-state index is 6.05. The summed E-state index contributed by atoms with van der Waals surface area (Å²) in [4.78, 5) is 2.38. The van der Waals surface area contributed by atoms with E-state index in [1.54, 1.807) is 14.2 Å². The van der Waals surface area contributed by atoms with Crippen molar-refractivity contribution in [2.75, 3.05) is 33.9 Å². The fraction of sp³-hybridized carbons (Fsp3) is 0.625. The lowest BCUT2D eigenvalue weighted by molar-refractivity contribution is -0.0799. The van der Waals surface area contributed by atoms with Crippen LogP contribution in [0, 0.1) is 0 Å². The van der Waals surface area contributed by atoms with E-state index in [0.29, 0.717) is 6.54 Å². The van der Waals surface area contributed by atoms with Crippen LogP contribution < -0.4 is 15.2 Å². The molecule has 5 nitrogen and oxygen atoms in total. The summed E-state index contributed by atoms with van der Waals surface area (Å²) < 4.78 is 16.5. The maximum Gasteiger partial charge on any atom is 0.122 e. The molecular formula is C16H26N2O3. The molecule has 2 N–H and O–H groups in total. The number of benzene rings is 1. The molecule has 0 spiro atoms. The van der Waals surface area contributed by atoms with Gasteiger partial charge in [-0.2, -0.15) is 0 Å². The lowest BCUT2D eigenvalue weighted by Crippen LogP contribution is -2.48. The van der Waals surface area contributed by atoms with Crippen LogP contribution in [0.25, 0.3) is 0 Å². The summed E-state index contributed by atoms with van der Waals surface area (Å²) in [6.45, 7) is 6.51. The highest BCUT2D eigenvalue weighted by Crippen LogP contribution is 2.30. The minimum Gasteiger partial charge on any atom is -0.497 e. The molecule has 1 unspecified atom stereocenters. The lowest BCUT2D eigenvalue weighted by Gasteiger charge is -2.40. The van der Waals surface area contributed by atoms with Crippen LogP contribution in [0.5, 0.6) is 11.5 Å². The molecule has 2 rings (SSSR count). The minimum absolute atomic E-state index is 0.141. The Hall–Kier alpha value is -1.30. The SMILES string of the molecule is COc1cc(OC)cc(C(CN)N2C[C@@H](C)O[C@@H](C)C2)c1. The van der Waals surface area contributed by atoms with Gasteiger partial charge >= 0.3 is 0 Å². The Balaban J connectivity index is 2.27. The molecule has 1 aliphatic rings. The van der Waals surface area contributed by atoms with Crippen LogP contribution in [0.1, 0.15) is 25.5 Å². The van der Waals surface area contributed by atoms with E-state index in [1.165, 1.54) is 0 Å². The van der Waals surface area contributed by atoms with E-state index in [-0.39, 0.29) is 18.2 Å². The first-order valence-electron chi connectivity index (χ1n) is 7.40. The second-order valence-electron chi connectivity index (χ2n) is 5.61. The number of nitrogens with zero attached hydrogens (tertiary/aromatic N) is 1. The van der Waals surface area contributed by atoms with Crippen molar-refractivity contribution in [3.63, 3.8) is 0 Å². The quantitative estimate of drug-likeness (QED) is 0.897. The van der Waals surface area contributed by atoms with Gasteiger partial charge in [0.2, 0.25) is 0 Å². The number of methoxy groups -OCH3 is 2. The predicted molar refractivity (Wildman–Crippen MR) is 82.9 cm³/mol. The summed E-state index contributed by atoms with van der Waals surface area (Å²) in [7, 11) is 3.32. The summed E-state index contributed by atoms with van der Waals surface area (Å²) in [5.74, 6) is 1.58. The smallest absolute Gasteiger partial charge is 0.122 e. The van der Waals surface area contributed by atoms with Crippen LogP contribution in [0.2, 0.25) is 0 Å². The first kappa shape index (κ1) is 16.1. The molecular weight excluding hydrogens is 268 g/mol. The van der Waals surface area contributed by atoms with Gasteiger partial charge < -0.3 is 19.9 Å². The number of morpholine rings is 1. The number of hydrogen-bond acceptors (Lipinski definition) is 5. The zero-order chi connectivity index (χ0) is 15.4. The molecule has 1 saturated heterocycles. The molecule has 3 atom stereocenters. The predicted octanol–water partition coefficient (Wildman–Crippen LogP) is 1.81. The molecule has 0 bridgehead atoms. The van der Waals surface area contributed by atoms with Crippen LogP contribution in [0.4, 0.5) is 0 Å². The molecule has 118 valence electrons. The fourth-order valence-electron chi connectivity index (χ4n) is 2.99. The molecule has 21 heavy (non-hydrogen) atoms. The molecule has 1 heterocycles. The monoisotopic (exact) mass is 294 g/mol. The van der Waals surface area contributed by atoms with Crippen molar-refractivity contribution < 1.29 is 14.2 Å². The summed E-state index contributed by atoms with van der Waals surface area (Å²) in [6, 6.07) is 6.08. The Kier molecular flexibility index (Phi) is 5.45. The third-order valence-corrected chi connectivity index (χ3v) is 3.87. The highest BCUT2D eigenvalue weighted by molar-refractivity contribution is 5.40. The van der Waals surface area contributed by atoms with Crippen molar-refractivity contribution in [1.82, 2.24) is 4.90 Å². The molecule has 0 aromatic heterocycles. The van der Waals surface area contributed by atoms with Crippen molar-refractivity contribution in [3.05, 3.63) is 23.8 Å². The zero-order valence-corrected chi connectivity index (χ0v) is 13.3. The van der Waals surface area contributed by atoms with E-state index in [1.807, 2.05) is 18.2 Å². The van der Waals surface area contributed by atoms with E-state index >= 15 is 0 Å². The van der Waals surface area contributed by atoms with E-state index < -0.39 is 0 Å². The Labute approximate surface area is 127 Å². The van der Waals surface area contributed by atoms with Crippen molar-refractivity contribution in [3.8, 4) is 11.5 Å². The van der Waals surface area contributed by atoms with Crippen molar-refractivity contribution in [1.29, 1.82) is 0 Å². The molecule has 0 aliphatic carbocycles. The van der Waals surface area contributed by atoms with E-state index in [4.69, 9.17) is 19.9 Å². The van der Waals surface area contributed by atoms with Gasteiger partial charge in [-0.05, 0) is 31.5 Å². The number of rotatable bonds is 5. The van der Waals surface area contributed by atoms with Gasteiger partial charge in [0, 0.05) is 31.7 Å². The Morgan fingerprint density at radius 2 is 1.67 bits per heavy atom. The van der Waals surface area contributed by atoms with Gasteiger partial charge in [0.05, 0.1) is 26.4 Å². The molecule has 1 fully saturated rings. The summed E-state index contributed by atoms with van der Waals surface area (Å²) in [5, 5.41) is 0. The van der Waals surface area contributed by atoms with E-state index in [2.05, 4.69) is 18.7 Å². The first-order valence-corrected chi connectivity index (χ1v) is 7.40. The first-order chi connectivity index (χ1) is 10.1. The van der Waals surface area contributed by atoms with Crippen molar-refractivity contribution in [2.24, 2.45) is 5.73 Å². The van der Waals surface area contributed by atoms with Crippen LogP contribution in [0.15, 0.2) is 18.2 Å². The topological polar surface area (TPSA) is 57.0 Å². The second-order valence-corrected chi connectivity index (χ2v) is 5.61. The molecule has 1 aromatic carbocycles. The van der Waals surface area contributed by atoms with Gasteiger partial charge in [-0.3, -0.25) is 4.90 Å². The zero-order valence-electron chi connectivity index (χ0n) is 13.3. The van der Waals surface area contributed by atoms with Crippen LogP contribution in [-0.4, -0.2) is 51.0 Å². The van der Waals surface area contributed by atoms with Gasteiger partial charge in [-0.1, -0.05) is 0 Å². The Bertz CT molecular complexity index is 435. The third kappa shape index (κ3) is 3.87. The average molecular weight is 294 g/mol. The second kappa shape index (κ2) is 7.11. The summed E-state index contributed by atoms with van der Waals surface area (Å²) in [6.07, 6.45) is 0.436. The standard InChI is InChI=1S/C16H26N2O3/c1-11-9-18(10-12(2)21-11)16(8-17)13-5-14(19-3)7-15(6-13)20-4/h5-7,11-12,16H,8-10,17H2,1-4H3/t11-,12+,16?.